The van der Waals surface area contributed by atoms with Gasteiger partial charge in [0.25, 0.3) is 0 Å². The van der Waals surface area contributed by atoms with Crippen molar-refractivity contribution in [3.63, 3.8) is 0 Å². The maximum Gasteiger partial charge on any atom is 0.191 e. The fraction of sp³-hybridized carbons (Fsp3) is 0.583. The molecular weight excluding hydrogens is 359 g/mol. The molecule has 0 fully saturated rings. The second kappa shape index (κ2) is 7.96. The predicted molar refractivity (Wildman–Crippen MR) is 89.1 cm³/mol. The van der Waals surface area contributed by atoms with Gasteiger partial charge in [-0.15, -0.1) is 24.0 Å². The highest BCUT2D eigenvalue weighted by Crippen LogP contribution is 2.19. The van der Waals surface area contributed by atoms with E-state index >= 15 is 0 Å². The maximum atomic E-state index is 4.42. The van der Waals surface area contributed by atoms with Gasteiger partial charge in [-0.3, -0.25) is 4.99 Å². The minimum absolute atomic E-state index is 0. The summed E-state index contributed by atoms with van der Waals surface area (Å²) in [6, 6.07) is 2.58. The fourth-order valence-electron chi connectivity index (χ4n) is 1.91. The predicted octanol–water partition coefficient (Wildman–Crippen LogP) is 1.91. The Bertz CT molecular complexity index is 364. The van der Waals surface area contributed by atoms with Crippen molar-refractivity contribution in [2.45, 2.75) is 12.5 Å². The van der Waals surface area contributed by atoms with E-state index in [0.717, 1.165) is 32.0 Å². The first kappa shape index (κ1) is 15.7. The van der Waals surface area contributed by atoms with Gasteiger partial charge in [-0.2, -0.15) is 11.3 Å². The van der Waals surface area contributed by atoms with Crippen LogP contribution in [0.15, 0.2) is 21.8 Å². The second-order valence-corrected chi connectivity index (χ2v) is 5.21. The molecule has 0 saturated carbocycles. The highest BCUT2D eigenvalue weighted by molar-refractivity contribution is 14.0. The van der Waals surface area contributed by atoms with E-state index in [-0.39, 0.29) is 24.0 Å². The summed E-state index contributed by atoms with van der Waals surface area (Å²) >= 11 is 1.75. The maximum absolute atomic E-state index is 4.42. The van der Waals surface area contributed by atoms with E-state index < -0.39 is 0 Å². The summed E-state index contributed by atoms with van der Waals surface area (Å²) < 4.78 is 0. The minimum Gasteiger partial charge on any atom is -0.356 e. The molecule has 18 heavy (non-hydrogen) atoms. The molecule has 4 nitrogen and oxygen atoms in total. The van der Waals surface area contributed by atoms with Gasteiger partial charge in [-0.05, 0) is 42.9 Å². The van der Waals surface area contributed by atoms with E-state index in [1.807, 2.05) is 0 Å². The van der Waals surface area contributed by atoms with Crippen LogP contribution in [0.25, 0.3) is 0 Å². The van der Waals surface area contributed by atoms with Crippen molar-refractivity contribution in [1.29, 1.82) is 0 Å². The van der Waals surface area contributed by atoms with Crippen molar-refractivity contribution in [2.75, 3.05) is 33.7 Å². The van der Waals surface area contributed by atoms with E-state index in [2.05, 4.69) is 51.4 Å². The molecule has 1 aromatic rings. The average molecular weight is 380 g/mol. The lowest BCUT2D eigenvalue weighted by Gasteiger charge is -2.25. The van der Waals surface area contributed by atoms with Gasteiger partial charge in [0.2, 0.25) is 0 Å². The number of aliphatic imine (C=N–C) groups is 1. The number of guanidine groups is 1. The normalized spacial score (nSPS) is 16.5. The van der Waals surface area contributed by atoms with Gasteiger partial charge in [0.15, 0.2) is 5.96 Å². The Morgan fingerprint density at radius 2 is 2.39 bits per heavy atom. The van der Waals surface area contributed by atoms with Gasteiger partial charge in [-0.25, -0.2) is 0 Å². The van der Waals surface area contributed by atoms with Crippen LogP contribution in [-0.2, 0) is 0 Å². The largest absolute Gasteiger partial charge is 0.356 e. The smallest absolute Gasteiger partial charge is 0.191 e. The van der Waals surface area contributed by atoms with Gasteiger partial charge >= 0.3 is 0 Å². The molecule has 1 atom stereocenters. The number of thiophene rings is 1. The molecule has 0 amide bonds. The van der Waals surface area contributed by atoms with Crippen LogP contribution in [0.4, 0.5) is 0 Å². The van der Waals surface area contributed by atoms with Crippen molar-refractivity contribution in [3.05, 3.63) is 22.4 Å². The monoisotopic (exact) mass is 380 g/mol. The zero-order chi connectivity index (χ0) is 12.1. The van der Waals surface area contributed by atoms with Crippen LogP contribution in [0.1, 0.15) is 18.0 Å². The van der Waals surface area contributed by atoms with Gasteiger partial charge < -0.3 is 15.5 Å². The number of nitrogens with one attached hydrogen (secondary N) is 2. The quantitative estimate of drug-likeness (QED) is 0.784. The first-order chi connectivity index (χ1) is 8.27. The zero-order valence-electron chi connectivity index (χ0n) is 10.8. The molecule has 1 aromatic heterocycles. The van der Waals surface area contributed by atoms with Crippen LogP contribution < -0.4 is 10.6 Å². The molecule has 1 aliphatic rings. The number of hydrogen-bond donors (Lipinski definition) is 2. The van der Waals surface area contributed by atoms with E-state index in [4.69, 9.17) is 0 Å². The number of nitrogens with zero attached hydrogens (tertiary/aromatic N) is 2. The Kier molecular flexibility index (Phi) is 6.95. The third-order valence-electron chi connectivity index (χ3n) is 2.91. The molecule has 0 radical (unpaired) electrons. The topological polar surface area (TPSA) is 39.7 Å². The molecule has 1 unspecified atom stereocenters. The third-order valence-corrected chi connectivity index (χ3v) is 3.61. The molecule has 6 heteroatoms. The lowest BCUT2D eigenvalue weighted by atomic mass is 10.1. The third kappa shape index (κ3) is 4.40. The number of likely N-dealkylation sites (N-methyl/N-ethyl adjacent to an activating group) is 1. The standard InChI is InChI=1S/C12H20N4S.HI/c1-16(2)11(10-4-7-17-9-10)8-15-12-13-5-3-6-14-12;/h4,7,9,11H,3,5-6,8H2,1-2H3,(H2,13,14,15);1H. The number of rotatable bonds is 4. The summed E-state index contributed by atoms with van der Waals surface area (Å²) in [5, 5.41) is 11.0. The number of hydrogen-bond acceptors (Lipinski definition) is 5. The van der Waals surface area contributed by atoms with Crippen LogP contribution in [0.2, 0.25) is 0 Å². The molecule has 2 N–H and O–H groups in total. The molecule has 102 valence electrons. The molecule has 0 spiro atoms. The summed E-state index contributed by atoms with van der Waals surface area (Å²) in [4.78, 5) is 6.66. The first-order valence-corrected chi connectivity index (χ1v) is 6.92. The Balaban J connectivity index is 0.00000162. The number of halogens is 1. The first-order valence-electron chi connectivity index (χ1n) is 5.98. The summed E-state index contributed by atoms with van der Waals surface area (Å²) in [7, 11) is 4.22. The van der Waals surface area contributed by atoms with Crippen molar-refractivity contribution in [1.82, 2.24) is 15.5 Å². The van der Waals surface area contributed by atoms with Crippen LogP contribution in [0.5, 0.6) is 0 Å². The molecule has 2 heterocycles. The van der Waals surface area contributed by atoms with Gasteiger partial charge in [0.05, 0.1) is 6.04 Å². The van der Waals surface area contributed by atoms with Crippen LogP contribution in [-0.4, -0.2) is 44.6 Å². The molecule has 0 saturated heterocycles. The fourth-order valence-corrected chi connectivity index (χ4v) is 2.61. The Labute approximate surface area is 130 Å². The van der Waals surface area contributed by atoms with Crippen LogP contribution >= 0.6 is 35.3 Å². The average Bonchev–Trinajstić information content (AvgIpc) is 2.84. The Morgan fingerprint density at radius 3 is 2.94 bits per heavy atom. The van der Waals surface area contributed by atoms with Gasteiger partial charge in [0.1, 0.15) is 0 Å². The van der Waals surface area contributed by atoms with E-state index in [1.165, 1.54) is 5.56 Å². The van der Waals surface area contributed by atoms with Crippen molar-refractivity contribution < 1.29 is 0 Å². The van der Waals surface area contributed by atoms with Crippen molar-refractivity contribution >= 4 is 41.3 Å². The molecular formula is C12H21IN4S. The minimum atomic E-state index is 0. The van der Waals surface area contributed by atoms with E-state index in [1.54, 1.807) is 11.3 Å². The summed E-state index contributed by atoms with van der Waals surface area (Å²) in [5.41, 5.74) is 1.36. The van der Waals surface area contributed by atoms with Gasteiger partial charge in [0, 0.05) is 19.6 Å². The highest BCUT2D eigenvalue weighted by atomic mass is 127. The van der Waals surface area contributed by atoms with Gasteiger partial charge in [-0.1, -0.05) is 0 Å². The second-order valence-electron chi connectivity index (χ2n) is 4.43. The lowest BCUT2D eigenvalue weighted by Crippen LogP contribution is -2.44. The Hall–Kier alpha value is -0.340. The summed E-state index contributed by atoms with van der Waals surface area (Å²) in [6.45, 7) is 2.84. The van der Waals surface area contributed by atoms with Crippen LogP contribution in [0.3, 0.4) is 0 Å². The van der Waals surface area contributed by atoms with Crippen molar-refractivity contribution in [3.8, 4) is 0 Å². The van der Waals surface area contributed by atoms with Crippen molar-refractivity contribution in [2.24, 2.45) is 4.99 Å². The lowest BCUT2D eigenvalue weighted by molar-refractivity contribution is 0.298. The summed E-state index contributed by atoms with van der Waals surface area (Å²) in [5.74, 6) is 0.943. The molecule has 0 aromatic carbocycles. The highest BCUT2D eigenvalue weighted by Gasteiger charge is 2.15. The molecule has 1 aliphatic heterocycles. The summed E-state index contributed by atoms with van der Waals surface area (Å²) in [6.07, 6.45) is 1.13. The molecule has 2 rings (SSSR count). The molecule has 0 aliphatic carbocycles. The molecule has 0 bridgehead atoms. The SMILES string of the molecule is CN(C)C(CNC1=NCCCN1)c1ccsc1.I. The van der Waals surface area contributed by atoms with E-state index in [9.17, 15) is 0 Å². The Morgan fingerprint density at radius 1 is 1.56 bits per heavy atom. The van der Waals surface area contributed by atoms with Crippen LogP contribution in [0, 0.1) is 0 Å². The zero-order valence-corrected chi connectivity index (χ0v) is 14.0. The van der Waals surface area contributed by atoms with E-state index in [0.29, 0.717) is 6.04 Å².